The Morgan fingerprint density at radius 3 is 2.33 bits per heavy atom. The fourth-order valence-electron chi connectivity index (χ4n) is 1.83. The van der Waals surface area contributed by atoms with E-state index in [1.165, 1.54) is 12.3 Å². The summed E-state index contributed by atoms with van der Waals surface area (Å²) in [6.45, 7) is 4.52. The Bertz CT molecular complexity index is 571. The van der Waals surface area contributed by atoms with E-state index in [-0.39, 0.29) is 5.56 Å². The maximum absolute atomic E-state index is 12.2. The van der Waals surface area contributed by atoms with Crippen LogP contribution < -0.4 is 10.2 Å². The summed E-state index contributed by atoms with van der Waals surface area (Å²) in [4.78, 5) is 3.75. The van der Waals surface area contributed by atoms with E-state index in [9.17, 15) is 8.78 Å². The van der Waals surface area contributed by atoms with E-state index in [0.717, 1.165) is 0 Å². The number of alkyl halides is 2. The molecule has 8 heteroatoms. The fraction of sp³-hybridized carbons (Fsp3) is 0.538. The van der Waals surface area contributed by atoms with Crippen LogP contribution in [0.15, 0.2) is 12.3 Å². The zero-order chi connectivity index (χ0) is 15.8. The summed E-state index contributed by atoms with van der Waals surface area (Å²) in [6, 6.07) is 3.16. The summed E-state index contributed by atoms with van der Waals surface area (Å²) in [5, 5.41) is 9.01. The number of hydrogen-bond donors (Lipinski definition) is 0. The highest BCUT2D eigenvalue weighted by Crippen LogP contribution is 2.36. The highest BCUT2D eigenvalue weighted by Gasteiger charge is 2.51. The van der Waals surface area contributed by atoms with Crippen LogP contribution in [-0.2, 0) is 9.31 Å². The molecule has 0 radical (unpaired) electrons. The molecule has 0 spiro atoms. The molecule has 21 heavy (non-hydrogen) atoms. The third-order valence-electron chi connectivity index (χ3n) is 3.72. The molecule has 0 amide bonds. The van der Waals surface area contributed by atoms with Gasteiger partial charge in [-0.1, -0.05) is 0 Å². The second kappa shape index (κ2) is 5.24. The molecule has 0 atom stereocenters. The van der Waals surface area contributed by atoms with Crippen molar-refractivity contribution in [3.8, 4) is 11.9 Å². The van der Waals surface area contributed by atoms with Crippen molar-refractivity contribution in [2.45, 2.75) is 45.5 Å². The van der Waals surface area contributed by atoms with Crippen LogP contribution in [0.3, 0.4) is 0 Å². The van der Waals surface area contributed by atoms with Gasteiger partial charge in [-0.25, -0.2) is 4.98 Å². The number of pyridine rings is 1. The van der Waals surface area contributed by atoms with E-state index >= 15 is 0 Å². The number of nitriles is 1. The van der Waals surface area contributed by atoms with E-state index in [1.54, 1.807) is 6.07 Å². The SMILES string of the molecule is CC1(C)OB(c2cnc(OC(F)F)c(C#N)c2)OC1(C)C. The van der Waals surface area contributed by atoms with E-state index < -0.39 is 30.8 Å². The first kappa shape index (κ1) is 15.7. The predicted octanol–water partition coefficient (Wildman–Crippen LogP) is 1.85. The number of halogens is 2. The van der Waals surface area contributed by atoms with Crippen LogP contribution in [0.4, 0.5) is 8.78 Å². The zero-order valence-corrected chi connectivity index (χ0v) is 12.2. The van der Waals surface area contributed by atoms with Gasteiger partial charge in [-0.15, -0.1) is 0 Å². The maximum atomic E-state index is 12.2. The lowest BCUT2D eigenvalue weighted by Gasteiger charge is -2.32. The number of nitrogens with zero attached hydrogens (tertiary/aromatic N) is 2. The third kappa shape index (κ3) is 2.99. The van der Waals surface area contributed by atoms with Crippen LogP contribution in [0.2, 0.25) is 0 Å². The van der Waals surface area contributed by atoms with Crippen molar-refractivity contribution < 1.29 is 22.8 Å². The molecule has 1 saturated heterocycles. The van der Waals surface area contributed by atoms with Gasteiger partial charge in [-0.2, -0.15) is 14.0 Å². The number of aromatic nitrogens is 1. The molecule has 1 aromatic heterocycles. The minimum Gasteiger partial charge on any atom is -0.415 e. The van der Waals surface area contributed by atoms with Gasteiger partial charge in [-0.3, -0.25) is 0 Å². The smallest absolute Gasteiger partial charge is 0.415 e. The van der Waals surface area contributed by atoms with Gasteiger partial charge in [0, 0.05) is 11.7 Å². The average molecular weight is 296 g/mol. The molecule has 5 nitrogen and oxygen atoms in total. The average Bonchev–Trinajstić information content (AvgIpc) is 2.58. The summed E-state index contributed by atoms with van der Waals surface area (Å²) < 4.78 is 40.2. The van der Waals surface area contributed by atoms with Gasteiger partial charge < -0.3 is 14.0 Å². The van der Waals surface area contributed by atoms with Crippen molar-refractivity contribution in [1.82, 2.24) is 4.98 Å². The van der Waals surface area contributed by atoms with Crippen LogP contribution in [0.5, 0.6) is 5.88 Å². The quantitative estimate of drug-likeness (QED) is 0.796. The molecule has 1 aliphatic rings. The van der Waals surface area contributed by atoms with Gasteiger partial charge >= 0.3 is 13.7 Å². The molecule has 0 saturated carbocycles. The third-order valence-corrected chi connectivity index (χ3v) is 3.72. The van der Waals surface area contributed by atoms with Gasteiger partial charge in [0.2, 0.25) is 5.88 Å². The molecule has 0 bridgehead atoms. The highest BCUT2D eigenvalue weighted by atomic mass is 19.3. The van der Waals surface area contributed by atoms with E-state index in [4.69, 9.17) is 14.6 Å². The second-order valence-corrected chi connectivity index (χ2v) is 5.70. The maximum Gasteiger partial charge on any atom is 0.496 e. The van der Waals surface area contributed by atoms with E-state index in [2.05, 4.69) is 9.72 Å². The normalized spacial score (nSPS) is 19.6. The Labute approximate surface area is 122 Å². The molecular weight excluding hydrogens is 281 g/mol. The summed E-state index contributed by atoms with van der Waals surface area (Å²) in [5.41, 5.74) is -0.695. The molecule has 1 aromatic rings. The monoisotopic (exact) mass is 296 g/mol. The zero-order valence-electron chi connectivity index (χ0n) is 12.2. The molecule has 0 aliphatic carbocycles. The Morgan fingerprint density at radius 1 is 1.29 bits per heavy atom. The summed E-state index contributed by atoms with van der Waals surface area (Å²) in [6.07, 6.45) is 1.31. The second-order valence-electron chi connectivity index (χ2n) is 5.70. The molecule has 0 N–H and O–H groups in total. The lowest BCUT2D eigenvalue weighted by Crippen LogP contribution is -2.41. The summed E-state index contributed by atoms with van der Waals surface area (Å²) >= 11 is 0. The van der Waals surface area contributed by atoms with Crippen LogP contribution in [0.25, 0.3) is 0 Å². The van der Waals surface area contributed by atoms with Crippen molar-refractivity contribution in [3.63, 3.8) is 0 Å². The van der Waals surface area contributed by atoms with Crippen molar-refractivity contribution in [2.75, 3.05) is 0 Å². The fourth-order valence-corrected chi connectivity index (χ4v) is 1.83. The molecular formula is C13H15BF2N2O3. The van der Waals surface area contributed by atoms with Gasteiger partial charge in [0.25, 0.3) is 0 Å². The van der Waals surface area contributed by atoms with Crippen molar-refractivity contribution in [2.24, 2.45) is 0 Å². The topological polar surface area (TPSA) is 64.4 Å². The van der Waals surface area contributed by atoms with Crippen LogP contribution >= 0.6 is 0 Å². The van der Waals surface area contributed by atoms with Crippen molar-refractivity contribution >= 4 is 12.6 Å². The number of hydrogen-bond acceptors (Lipinski definition) is 5. The largest absolute Gasteiger partial charge is 0.496 e. The van der Waals surface area contributed by atoms with Gasteiger partial charge in [0.15, 0.2) is 0 Å². The number of ether oxygens (including phenoxy) is 1. The lowest BCUT2D eigenvalue weighted by atomic mass is 9.80. The molecule has 2 heterocycles. The molecule has 112 valence electrons. The van der Waals surface area contributed by atoms with Crippen molar-refractivity contribution in [1.29, 1.82) is 5.26 Å². The Hall–Kier alpha value is -1.72. The van der Waals surface area contributed by atoms with Crippen LogP contribution in [-0.4, -0.2) is 29.9 Å². The van der Waals surface area contributed by atoms with E-state index in [1.807, 2.05) is 27.7 Å². The molecule has 1 fully saturated rings. The molecule has 0 unspecified atom stereocenters. The minimum absolute atomic E-state index is 0.0949. The van der Waals surface area contributed by atoms with Crippen LogP contribution in [0.1, 0.15) is 33.3 Å². The molecule has 2 rings (SSSR count). The van der Waals surface area contributed by atoms with Crippen LogP contribution in [0, 0.1) is 11.3 Å². The Morgan fingerprint density at radius 2 is 1.86 bits per heavy atom. The predicted molar refractivity (Wildman–Crippen MR) is 71.3 cm³/mol. The lowest BCUT2D eigenvalue weighted by molar-refractivity contribution is -0.0530. The Balaban J connectivity index is 2.29. The summed E-state index contributed by atoms with van der Waals surface area (Å²) in [7, 11) is -0.713. The molecule has 0 aromatic carbocycles. The first-order chi connectivity index (χ1) is 9.66. The Kier molecular flexibility index (Phi) is 3.91. The van der Waals surface area contributed by atoms with Gasteiger partial charge in [0.1, 0.15) is 11.6 Å². The molecule has 1 aliphatic heterocycles. The first-order valence-corrected chi connectivity index (χ1v) is 6.37. The first-order valence-electron chi connectivity index (χ1n) is 6.37. The number of rotatable bonds is 3. The minimum atomic E-state index is -3.03. The van der Waals surface area contributed by atoms with Gasteiger partial charge in [0.05, 0.1) is 11.2 Å². The summed E-state index contributed by atoms with van der Waals surface area (Å²) in [5.74, 6) is -0.409. The van der Waals surface area contributed by atoms with Gasteiger partial charge in [-0.05, 0) is 33.8 Å². The van der Waals surface area contributed by atoms with Crippen molar-refractivity contribution in [3.05, 3.63) is 17.8 Å². The standard InChI is InChI=1S/C13H15BF2N2O3/c1-12(2)13(3,4)21-14(20-12)9-5-8(6-17)10(18-7-9)19-11(15)16/h5,7,11H,1-4H3. The highest BCUT2D eigenvalue weighted by molar-refractivity contribution is 6.62. The van der Waals surface area contributed by atoms with E-state index in [0.29, 0.717) is 5.46 Å².